The number of fused-ring (bicyclic) bond motifs is 1. The molecule has 0 amide bonds. The molecule has 0 radical (unpaired) electrons. The van der Waals surface area contributed by atoms with Gasteiger partial charge >= 0.3 is 0 Å². The molecule has 2 aromatic heterocycles. The lowest BCUT2D eigenvalue weighted by atomic mass is 10.1. The van der Waals surface area contributed by atoms with Gasteiger partial charge in [-0.25, -0.2) is 4.98 Å². The molecule has 4 heteroatoms. The molecule has 1 N–H and O–H groups in total. The minimum Gasteiger partial charge on any atom is -0.305 e. The fourth-order valence-electron chi connectivity index (χ4n) is 2.57. The third-order valence-corrected chi connectivity index (χ3v) is 3.82. The zero-order valence-corrected chi connectivity index (χ0v) is 12.8. The number of nitrogens with zero attached hydrogens (tertiary/aromatic N) is 2. The van der Waals surface area contributed by atoms with Crippen molar-refractivity contribution in [2.45, 2.75) is 26.4 Å². The van der Waals surface area contributed by atoms with E-state index >= 15 is 0 Å². The van der Waals surface area contributed by atoms with Gasteiger partial charge in [-0.1, -0.05) is 36.4 Å². The van der Waals surface area contributed by atoms with E-state index < -0.39 is 0 Å². The number of benzene rings is 1. The van der Waals surface area contributed by atoms with Crippen LogP contribution in [0.3, 0.4) is 0 Å². The number of pyridine rings is 1. The van der Waals surface area contributed by atoms with Gasteiger partial charge in [0.2, 0.25) is 0 Å². The lowest BCUT2D eigenvalue weighted by molar-refractivity contribution is 0.567. The second-order valence-corrected chi connectivity index (χ2v) is 5.46. The van der Waals surface area contributed by atoms with Gasteiger partial charge in [-0.15, -0.1) is 0 Å². The monoisotopic (exact) mass is 293 g/mol. The summed E-state index contributed by atoms with van der Waals surface area (Å²) in [6.45, 7) is 4.58. The number of aryl methyl sites for hydroxylation is 1. The van der Waals surface area contributed by atoms with E-state index in [-0.39, 0.29) is 11.6 Å². The highest BCUT2D eigenvalue weighted by atomic mass is 16.1. The molecule has 0 bridgehead atoms. The van der Waals surface area contributed by atoms with Crippen LogP contribution in [0, 0.1) is 6.92 Å². The normalized spacial score (nSPS) is 12.5. The second kappa shape index (κ2) is 6.12. The maximum Gasteiger partial charge on any atom is 0.258 e. The zero-order chi connectivity index (χ0) is 15.5. The molecule has 112 valence electrons. The van der Waals surface area contributed by atoms with Crippen LogP contribution in [-0.2, 0) is 6.54 Å². The Balaban J connectivity index is 1.82. The van der Waals surface area contributed by atoms with Crippen molar-refractivity contribution >= 4 is 5.65 Å². The van der Waals surface area contributed by atoms with Crippen molar-refractivity contribution < 1.29 is 0 Å². The van der Waals surface area contributed by atoms with Crippen LogP contribution in [-0.4, -0.2) is 9.38 Å². The molecule has 1 atom stereocenters. The van der Waals surface area contributed by atoms with E-state index in [1.54, 1.807) is 10.5 Å². The summed E-state index contributed by atoms with van der Waals surface area (Å²) in [6, 6.07) is 17.7. The summed E-state index contributed by atoms with van der Waals surface area (Å²) in [5.74, 6) is 0. The SMILES string of the molecule is Cc1cccc2nc(CN[C@H](C)c3ccccc3)cc(=O)n12. The van der Waals surface area contributed by atoms with E-state index in [1.807, 2.05) is 43.3 Å². The Morgan fingerprint density at radius 1 is 1.14 bits per heavy atom. The fraction of sp³-hybridized carbons (Fsp3) is 0.222. The minimum atomic E-state index is -0.0349. The Bertz CT molecular complexity index is 840. The van der Waals surface area contributed by atoms with Crippen LogP contribution >= 0.6 is 0 Å². The van der Waals surface area contributed by atoms with Gasteiger partial charge in [-0.3, -0.25) is 9.20 Å². The molecule has 4 nitrogen and oxygen atoms in total. The lowest BCUT2D eigenvalue weighted by Gasteiger charge is -2.14. The quantitative estimate of drug-likeness (QED) is 0.804. The van der Waals surface area contributed by atoms with E-state index in [1.165, 1.54) is 5.56 Å². The van der Waals surface area contributed by atoms with Gasteiger partial charge in [0.25, 0.3) is 5.56 Å². The minimum absolute atomic E-state index is 0.0349. The Morgan fingerprint density at radius 3 is 2.68 bits per heavy atom. The van der Waals surface area contributed by atoms with Gasteiger partial charge in [-0.2, -0.15) is 0 Å². The molecule has 0 spiro atoms. The molecular weight excluding hydrogens is 274 g/mol. The molecular formula is C18H19N3O. The van der Waals surface area contributed by atoms with Crippen LogP contribution in [0.15, 0.2) is 59.4 Å². The molecule has 1 aromatic carbocycles. The standard InChI is InChI=1S/C18H19N3O/c1-13-7-6-10-17-20-16(11-18(22)21(13)17)12-19-14(2)15-8-4-3-5-9-15/h3-11,14,19H,12H2,1-2H3/t14-/m1/s1. The predicted octanol–water partition coefficient (Wildman–Crippen LogP) is 2.85. The van der Waals surface area contributed by atoms with Gasteiger partial charge in [0.1, 0.15) is 5.65 Å². The number of hydrogen-bond donors (Lipinski definition) is 1. The molecule has 22 heavy (non-hydrogen) atoms. The van der Waals surface area contributed by atoms with Crippen LogP contribution in [0.4, 0.5) is 0 Å². The number of hydrogen-bond acceptors (Lipinski definition) is 3. The van der Waals surface area contributed by atoms with Crippen LogP contribution in [0.2, 0.25) is 0 Å². The van der Waals surface area contributed by atoms with Crippen molar-refractivity contribution in [2.24, 2.45) is 0 Å². The average molecular weight is 293 g/mol. The first kappa shape index (κ1) is 14.5. The van der Waals surface area contributed by atoms with Gasteiger partial charge < -0.3 is 5.32 Å². The highest BCUT2D eigenvalue weighted by Gasteiger charge is 2.07. The summed E-state index contributed by atoms with van der Waals surface area (Å²) in [5.41, 5.74) is 3.53. The van der Waals surface area contributed by atoms with E-state index in [4.69, 9.17) is 0 Å². The Labute approximate surface area is 129 Å². The molecule has 0 unspecified atom stereocenters. The van der Waals surface area contributed by atoms with Crippen LogP contribution in [0.5, 0.6) is 0 Å². The molecule has 0 aliphatic carbocycles. The van der Waals surface area contributed by atoms with Crippen molar-refractivity contribution in [2.75, 3.05) is 0 Å². The molecule has 0 fully saturated rings. The largest absolute Gasteiger partial charge is 0.305 e. The molecule has 0 aliphatic rings. The maximum absolute atomic E-state index is 12.2. The first-order valence-corrected chi connectivity index (χ1v) is 7.42. The third-order valence-electron chi connectivity index (χ3n) is 3.82. The van der Waals surface area contributed by atoms with E-state index in [0.717, 1.165) is 11.4 Å². The highest BCUT2D eigenvalue weighted by molar-refractivity contribution is 5.40. The Kier molecular flexibility index (Phi) is 4.02. The number of nitrogens with one attached hydrogen (secondary N) is 1. The zero-order valence-electron chi connectivity index (χ0n) is 12.8. The first-order valence-electron chi connectivity index (χ1n) is 7.42. The van der Waals surface area contributed by atoms with Crippen LogP contribution in [0.1, 0.15) is 29.9 Å². The molecule has 3 aromatic rings. The van der Waals surface area contributed by atoms with E-state index in [9.17, 15) is 4.79 Å². The molecule has 2 heterocycles. The fourth-order valence-corrected chi connectivity index (χ4v) is 2.57. The van der Waals surface area contributed by atoms with Crippen molar-refractivity contribution in [1.29, 1.82) is 0 Å². The first-order chi connectivity index (χ1) is 10.6. The molecule has 3 rings (SSSR count). The summed E-state index contributed by atoms with van der Waals surface area (Å²) in [7, 11) is 0. The maximum atomic E-state index is 12.2. The van der Waals surface area contributed by atoms with Crippen molar-refractivity contribution in [3.05, 3.63) is 81.9 Å². The van der Waals surface area contributed by atoms with Gasteiger partial charge in [0.05, 0.1) is 5.69 Å². The predicted molar refractivity (Wildman–Crippen MR) is 87.9 cm³/mol. The van der Waals surface area contributed by atoms with Crippen molar-refractivity contribution in [3.63, 3.8) is 0 Å². The lowest BCUT2D eigenvalue weighted by Crippen LogP contribution is -2.22. The molecule has 0 saturated carbocycles. The van der Waals surface area contributed by atoms with Gasteiger partial charge in [0, 0.05) is 24.3 Å². The second-order valence-electron chi connectivity index (χ2n) is 5.46. The highest BCUT2D eigenvalue weighted by Crippen LogP contribution is 2.12. The molecule has 0 aliphatic heterocycles. The summed E-state index contributed by atoms with van der Waals surface area (Å²) >= 11 is 0. The summed E-state index contributed by atoms with van der Waals surface area (Å²) in [5, 5.41) is 3.41. The smallest absolute Gasteiger partial charge is 0.258 e. The number of rotatable bonds is 4. The van der Waals surface area contributed by atoms with Gasteiger partial charge in [-0.05, 0) is 31.5 Å². The Morgan fingerprint density at radius 2 is 1.91 bits per heavy atom. The summed E-state index contributed by atoms with van der Waals surface area (Å²) < 4.78 is 1.63. The number of aromatic nitrogens is 2. The topological polar surface area (TPSA) is 46.4 Å². The van der Waals surface area contributed by atoms with E-state index in [2.05, 4.69) is 29.4 Å². The van der Waals surface area contributed by atoms with E-state index in [0.29, 0.717) is 12.2 Å². The Hall–Kier alpha value is -2.46. The molecule has 0 saturated heterocycles. The van der Waals surface area contributed by atoms with Crippen molar-refractivity contribution in [1.82, 2.24) is 14.7 Å². The van der Waals surface area contributed by atoms with Crippen molar-refractivity contribution in [3.8, 4) is 0 Å². The van der Waals surface area contributed by atoms with Crippen LogP contribution < -0.4 is 10.9 Å². The third kappa shape index (κ3) is 2.92. The summed E-state index contributed by atoms with van der Waals surface area (Å²) in [4.78, 5) is 16.8. The van der Waals surface area contributed by atoms with Gasteiger partial charge in [0.15, 0.2) is 0 Å². The average Bonchev–Trinajstić information content (AvgIpc) is 2.53. The van der Waals surface area contributed by atoms with Crippen LogP contribution in [0.25, 0.3) is 5.65 Å². The summed E-state index contributed by atoms with van der Waals surface area (Å²) in [6.07, 6.45) is 0.